The lowest BCUT2D eigenvalue weighted by atomic mass is 10.0. The van der Waals surface area contributed by atoms with Gasteiger partial charge in [0.1, 0.15) is 0 Å². The van der Waals surface area contributed by atoms with Gasteiger partial charge in [0.15, 0.2) is 16.5 Å². The molecular weight excluding hydrogens is 448 g/mol. The maximum atomic E-state index is 13.3. The van der Waals surface area contributed by atoms with Crippen LogP contribution < -0.4 is 15.0 Å². The number of nitriles is 2. The minimum Gasteiger partial charge on any atom is -0.493 e. The van der Waals surface area contributed by atoms with E-state index in [2.05, 4.69) is 12.1 Å². The quantitative estimate of drug-likeness (QED) is 0.331. The number of methoxy groups -OCH3 is 1. The smallest absolute Gasteiger partial charge is 0.266 e. The largest absolute Gasteiger partial charge is 0.493 e. The van der Waals surface area contributed by atoms with E-state index in [0.717, 1.165) is 5.56 Å². The Hall–Kier alpha value is -4.40. The summed E-state index contributed by atoms with van der Waals surface area (Å²) in [6.07, 6.45) is 6.33. The molecule has 0 aliphatic carbocycles. The third-order valence-electron chi connectivity index (χ3n) is 5.13. The second-order valence-electron chi connectivity index (χ2n) is 7.24. The SMILES string of the molecule is COc1cccc(/C=C/c2nc3sccn3c(=O)c2-c2ccc(C#N)cc2)c1OCCCC#N. The molecule has 0 spiro atoms. The average molecular weight is 469 g/mol. The Bertz CT molecular complexity index is 1490. The zero-order valence-electron chi connectivity index (χ0n) is 18.4. The molecule has 2 heterocycles. The summed E-state index contributed by atoms with van der Waals surface area (Å²) in [5.74, 6) is 1.14. The molecule has 0 saturated heterocycles. The Balaban J connectivity index is 1.79. The molecule has 2 aromatic carbocycles. The van der Waals surface area contributed by atoms with E-state index in [1.807, 2.05) is 29.7 Å². The van der Waals surface area contributed by atoms with Gasteiger partial charge in [-0.25, -0.2) is 4.98 Å². The number of hydrogen-bond acceptors (Lipinski definition) is 7. The lowest BCUT2D eigenvalue weighted by Crippen LogP contribution is -2.17. The van der Waals surface area contributed by atoms with Crippen molar-refractivity contribution in [3.8, 4) is 34.8 Å². The van der Waals surface area contributed by atoms with Gasteiger partial charge >= 0.3 is 0 Å². The third-order valence-corrected chi connectivity index (χ3v) is 5.88. The number of aromatic nitrogens is 2. The molecule has 7 nitrogen and oxygen atoms in total. The highest BCUT2D eigenvalue weighted by atomic mass is 32.1. The molecular formula is C26H20N4O3S. The highest BCUT2D eigenvalue weighted by Gasteiger charge is 2.15. The maximum Gasteiger partial charge on any atom is 0.266 e. The number of ether oxygens (including phenoxy) is 2. The molecule has 0 fully saturated rings. The normalized spacial score (nSPS) is 10.8. The number of unbranched alkanes of at least 4 members (excludes halogenated alkanes) is 1. The van der Waals surface area contributed by atoms with E-state index in [-0.39, 0.29) is 5.56 Å². The van der Waals surface area contributed by atoms with E-state index in [0.29, 0.717) is 58.3 Å². The van der Waals surface area contributed by atoms with E-state index < -0.39 is 0 Å². The van der Waals surface area contributed by atoms with Crippen LogP contribution in [0.5, 0.6) is 11.5 Å². The highest BCUT2D eigenvalue weighted by Crippen LogP contribution is 2.33. The van der Waals surface area contributed by atoms with E-state index >= 15 is 0 Å². The summed E-state index contributed by atoms with van der Waals surface area (Å²) >= 11 is 1.38. The first-order valence-electron chi connectivity index (χ1n) is 10.5. The monoisotopic (exact) mass is 468 g/mol. The first-order chi connectivity index (χ1) is 16.7. The molecule has 0 aliphatic rings. The van der Waals surface area contributed by atoms with Crippen LogP contribution in [-0.2, 0) is 0 Å². The number of fused-ring (bicyclic) bond motifs is 1. The summed E-state index contributed by atoms with van der Waals surface area (Å²) < 4.78 is 12.9. The topological polar surface area (TPSA) is 100 Å². The van der Waals surface area contributed by atoms with Gasteiger partial charge in [-0.3, -0.25) is 9.20 Å². The van der Waals surface area contributed by atoms with Crippen molar-refractivity contribution < 1.29 is 9.47 Å². The van der Waals surface area contributed by atoms with Gasteiger partial charge in [0.25, 0.3) is 5.56 Å². The highest BCUT2D eigenvalue weighted by molar-refractivity contribution is 7.15. The van der Waals surface area contributed by atoms with Crippen molar-refractivity contribution in [2.24, 2.45) is 0 Å². The second kappa shape index (κ2) is 10.5. The van der Waals surface area contributed by atoms with Gasteiger partial charge in [-0.2, -0.15) is 10.5 Å². The van der Waals surface area contributed by atoms with Crippen LogP contribution in [0.15, 0.2) is 58.8 Å². The molecule has 2 aromatic heterocycles. The molecule has 0 amide bonds. The number of benzene rings is 2. The van der Waals surface area contributed by atoms with Gasteiger partial charge in [-0.1, -0.05) is 24.3 Å². The molecule has 0 unspecified atom stereocenters. The Labute approximate surface area is 200 Å². The summed E-state index contributed by atoms with van der Waals surface area (Å²) in [5, 5.41) is 19.7. The summed E-state index contributed by atoms with van der Waals surface area (Å²) in [4.78, 5) is 18.6. The fourth-order valence-electron chi connectivity index (χ4n) is 3.47. The van der Waals surface area contributed by atoms with Gasteiger partial charge in [0.05, 0.1) is 42.7 Å². The second-order valence-corrected chi connectivity index (χ2v) is 8.12. The third kappa shape index (κ3) is 4.68. The zero-order valence-corrected chi connectivity index (χ0v) is 19.2. The zero-order chi connectivity index (χ0) is 23.9. The van der Waals surface area contributed by atoms with Crippen LogP contribution in [0.25, 0.3) is 28.2 Å². The molecule has 0 atom stereocenters. The summed E-state index contributed by atoms with van der Waals surface area (Å²) in [7, 11) is 1.57. The Morgan fingerprint density at radius 3 is 2.71 bits per heavy atom. The number of nitrogens with zero attached hydrogens (tertiary/aromatic N) is 4. The summed E-state index contributed by atoms with van der Waals surface area (Å²) in [5.41, 5.74) is 2.71. The summed E-state index contributed by atoms with van der Waals surface area (Å²) in [6, 6.07) is 16.6. The fraction of sp³-hybridized carbons (Fsp3) is 0.154. The van der Waals surface area contributed by atoms with E-state index in [1.165, 1.54) is 15.7 Å². The molecule has 8 heteroatoms. The van der Waals surface area contributed by atoms with Crippen LogP contribution >= 0.6 is 11.3 Å². The number of para-hydroxylation sites is 1. The predicted octanol–water partition coefficient (Wildman–Crippen LogP) is 5.16. The Morgan fingerprint density at radius 2 is 1.97 bits per heavy atom. The standard InChI is InChI=1S/C26H20N4O3S/c1-32-22-6-4-5-20(24(22)33-15-3-2-13-27)11-12-21-23(19-9-7-18(17-28)8-10-19)25(31)30-14-16-34-26(30)29-21/h4-12,14,16H,2-3,15H2,1H3/b12-11+. The minimum absolute atomic E-state index is 0.186. The molecule has 4 rings (SSSR count). The molecule has 4 aromatic rings. The van der Waals surface area contributed by atoms with Gasteiger partial charge in [-0.05, 0) is 42.3 Å². The van der Waals surface area contributed by atoms with Crippen LogP contribution in [0.1, 0.15) is 29.7 Å². The van der Waals surface area contributed by atoms with Crippen LogP contribution in [-0.4, -0.2) is 23.1 Å². The maximum absolute atomic E-state index is 13.3. The van der Waals surface area contributed by atoms with E-state index in [1.54, 1.807) is 43.6 Å². The lowest BCUT2D eigenvalue weighted by Gasteiger charge is -2.13. The predicted molar refractivity (Wildman–Crippen MR) is 132 cm³/mol. The van der Waals surface area contributed by atoms with Crippen LogP contribution in [0, 0.1) is 22.7 Å². The van der Waals surface area contributed by atoms with Gasteiger partial charge in [-0.15, -0.1) is 11.3 Å². The van der Waals surface area contributed by atoms with Crippen molar-refractivity contribution in [1.82, 2.24) is 9.38 Å². The van der Waals surface area contributed by atoms with Crippen LogP contribution in [0.2, 0.25) is 0 Å². The van der Waals surface area contributed by atoms with E-state index in [9.17, 15) is 4.79 Å². The van der Waals surface area contributed by atoms with Crippen molar-refractivity contribution >= 4 is 28.4 Å². The molecule has 34 heavy (non-hydrogen) atoms. The van der Waals surface area contributed by atoms with Gasteiger partial charge < -0.3 is 9.47 Å². The Morgan fingerprint density at radius 1 is 1.15 bits per heavy atom. The number of hydrogen-bond donors (Lipinski definition) is 0. The van der Waals surface area contributed by atoms with Gasteiger partial charge in [0.2, 0.25) is 0 Å². The lowest BCUT2D eigenvalue weighted by molar-refractivity contribution is 0.290. The summed E-state index contributed by atoms with van der Waals surface area (Å²) in [6.45, 7) is 0.381. The van der Waals surface area contributed by atoms with Crippen molar-refractivity contribution in [3.63, 3.8) is 0 Å². The van der Waals surface area contributed by atoms with Crippen LogP contribution in [0.3, 0.4) is 0 Å². The molecule has 0 N–H and O–H groups in total. The number of rotatable bonds is 8. The minimum atomic E-state index is -0.186. The first kappa shape index (κ1) is 22.8. The van der Waals surface area contributed by atoms with E-state index in [4.69, 9.17) is 25.0 Å². The van der Waals surface area contributed by atoms with Crippen molar-refractivity contribution in [3.05, 3.63) is 81.2 Å². The molecule has 168 valence electrons. The molecule has 0 aliphatic heterocycles. The Kier molecular flexibility index (Phi) is 7.02. The van der Waals surface area contributed by atoms with Crippen molar-refractivity contribution in [1.29, 1.82) is 10.5 Å². The number of thiazole rings is 1. The molecule has 0 saturated carbocycles. The average Bonchev–Trinajstić information content (AvgIpc) is 3.35. The molecule has 0 bridgehead atoms. The molecule has 0 radical (unpaired) electrons. The fourth-order valence-corrected chi connectivity index (χ4v) is 4.19. The van der Waals surface area contributed by atoms with Crippen LogP contribution in [0.4, 0.5) is 0 Å². The van der Waals surface area contributed by atoms with Gasteiger partial charge in [0, 0.05) is 23.6 Å². The first-order valence-corrected chi connectivity index (χ1v) is 11.4. The van der Waals surface area contributed by atoms with Crippen molar-refractivity contribution in [2.75, 3.05) is 13.7 Å². The van der Waals surface area contributed by atoms with Crippen molar-refractivity contribution in [2.45, 2.75) is 12.8 Å².